The van der Waals surface area contributed by atoms with Gasteiger partial charge < -0.3 is 0 Å². The van der Waals surface area contributed by atoms with Gasteiger partial charge in [-0.1, -0.05) is 0 Å². The topological polar surface area (TPSA) is 41.5 Å². The molecule has 1 amide bonds. The Morgan fingerprint density at radius 3 is 2.70 bits per heavy atom. The Labute approximate surface area is 91.0 Å². The Morgan fingerprint density at radius 2 is 2.50 bits per heavy atom. The number of hydrogen-bond donors (Lipinski definition) is 1. The van der Waals surface area contributed by atoms with Gasteiger partial charge in [-0.15, -0.1) is 0 Å². The Bertz CT molecular complexity index is 205. The van der Waals surface area contributed by atoms with Crippen LogP contribution in [0.4, 0.5) is 4.39 Å². The predicted molar refractivity (Wildman–Crippen MR) is 34.3 cm³/mol. The summed E-state index contributed by atoms with van der Waals surface area (Å²) in [4.78, 5) is 14.2. The molecular weight excluding hydrogens is 369 g/mol. The first kappa shape index (κ1) is 8.98. The maximum atomic E-state index is 13.0. The molecule has 1 unspecified atom stereocenters. The molecule has 0 fully saturated rings. The predicted octanol–water partition coefficient (Wildman–Crippen LogP) is -0.260. The summed E-state index contributed by atoms with van der Waals surface area (Å²) in [6.45, 7) is 0. The van der Waals surface area contributed by atoms with Crippen molar-refractivity contribution in [3.05, 3.63) is 0 Å². The van der Waals surface area contributed by atoms with Crippen LogP contribution in [0.25, 0.3) is 0 Å². The summed E-state index contributed by atoms with van der Waals surface area (Å²) in [7, 11) is 1.62. The van der Waals surface area contributed by atoms with E-state index in [4.69, 9.17) is 0 Å². The monoisotopic (exact) mass is 374 g/mol. The molecule has 0 radical (unpaired) electrons. The third kappa shape index (κ3) is 1.73. The minimum atomic E-state index is -1.63. The molecule has 1 N–H and O–H groups in total. The number of amidine groups is 1. The van der Waals surface area contributed by atoms with Crippen LogP contribution in [0.3, 0.4) is 0 Å². The van der Waals surface area contributed by atoms with Gasteiger partial charge in [0.2, 0.25) is 0 Å². The average Bonchev–Trinajstić information content (AvgIpc) is 2.08. The number of rotatable bonds is 0. The zero-order valence-electron chi connectivity index (χ0n) is 5.64. The molecule has 1 aliphatic heterocycles. The van der Waals surface area contributed by atoms with E-state index >= 15 is 0 Å². The maximum absolute atomic E-state index is 13.0. The van der Waals surface area contributed by atoms with Crippen LogP contribution in [-0.2, 0) is 4.79 Å². The van der Waals surface area contributed by atoms with Crippen LogP contribution in [0.1, 0.15) is 0 Å². The van der Waals surface area contributed by atoms with Crippen LogP contribution >= 0.6 is 11.8 Å². The quantitative estimate of drug-likeness (QED) is 0.636. The average molecular weight is 374 g/mol. The molecule has 1 rings (SSSR count). The fourth-order valence-corrected chi connectivity index (χ4v) is 4.12. The van der Waals surface area contributed by atoms with Crippen molar-refractivity contribution in [2.75, 3.05) is 7.05 Å². The van der Waals surface area contributed by atoms with E-state index in [1.165, 1.54) is 0 Å². The number of carbonyl (C=O) groups excluding carboxylic acids is 1. The van der Waals surface area contributed by atoms with Crippen molar-refractivity contribution in [3.8, 4) is 0 Å². The zero-order valence-corrected chi connectivity index (χ0v) is 14.7. The molecule has 0 aromatic carbocycles. The van der Waals surface area contributed by atoms with Crippen LogP contribution in [0, 0.1) is 42.8 Å². The van der Waals surface area contributed by atoms with E-state index in [1.807, 2.05) is 0 Å². The van der Waals surface area contributed by atoms with E-state index in [0.717, 1.165) is 11.8 Å². The van der Waals surface area contributed by atoms with Gasteiger partial charge in [0.25, 0.3) is 0 Å². The molecule has 0 saturated heterocycles. The molecule has 10 heavy (non-hydrogen) atoms. The Balaban J connectivity index is 2.76. The van der Waals surface area contributed by atoms with Crippen LogP contribution in [-0.4, -0.2) is 18.2 Å². The van der Waals surface area contributed by atoms with Gasteiger partial charge in [0.15, 0.2) is 0 Å². The van der Waals surface area contributed by atoms with Crippen molar-refractivity contribution in [1.82, 2.24) is 5.32 Å². The van der Waals surface area contributed by atoms with E-state index in [9.17, 15) is 9.18 Å². The second kappa shape index (κ2) is 3.09. The molecule has 0 aliphatic carbocycles. The first-order valence-corrected chi connectivity index (χ1v) is 7.67. The molecule has 0 saturated carbocycles. The number of hydrogen-bond acceptors (Lipinski definition) is 3. The molecular formula is C4H5FN2ORaS. The molecule has 0 aromatic heterocycles. The number of carbonyl (C=O) groups is 1. The fraction of sp³-hybridized carbons (Fsp3) is 0.500. The van der Waals surface area contributed by atoms with Gasteiger partial charge in [0, 0.05) is 0 Å². The van der Waals surface area contributed by atoms with Crippen LogP contribution in [0.15, 0.2) is 4.99 Å². The second-order valence-corrected chi connectivity index (χ2v) is 12.0. The van der Waals surface area contributed by atoms with Gasteiger partial charge in [-0.05, 0) is 0 Å². The zero-order chi connectivity index (χ0) is 7.78. The van der Waals surface area contributed by atoms with Gasteiger partial charge in [-0.3, -0.25) is 0 Å². The van der Waals surface area contributed by atoms with Crippen LogP contribution in [0.5, 0.6) is 0 Å². The van der Waals surface area contributed by atoms with Crippen molar-refractivity contribution in [1.29, 1.82) is 0 Å². The van der Waals surface area contributed by atoms with Crippen LogP contribution < -0.4 is 5.32 Å². The van der Waals surface area contributed by atoms with E-state index in [1.54, 1.807) is 7.05 Å². The third-order valence-corrected chi connectivity index (χ3v) is 6.41. The SMILES string of the molecule is CNC1=NC(=O)[C](F)([RaH])S1. The van der Waals surface area contributed by atoms with Crippen LogP contribution in [0.2, 0.25) is 0 Å². The molecule has 1 heterocycles. The number of nitrogens with one attached hydrogen (secondary N) is 1. The van der Waals surface area contributed by atoms with Crippen molar-refractivity contribution < 1.29 is 52.0 Å². The summed E-state index contributed by atoms with van der Waals surface area (Å²) in [6.07, 6.45) is 0. The van der Waals surface area contributed by atoms with Crippen molar-refractivity contribution >= 4 is 22.8 Å². The van der Waals surface area contributed by atoms with Crippen molar-refractivity contribution in [2.24, 2.45) is 4.99 Å². The molecule has 0 bridgehead atoms. The summed E-state index contributed by atoms with van der Waals surface area (Å²) in [5, 5.41) is 3.04. The Kier molecular flexibility index (Phi) is 2.78. The number of aliphatic imine (C=N–C) groups is 1. The summed E-state index contributed by atoms with van der Waals surface area (Å²) < 4.78 is 11.4. The summed E-state index contributed by atoms with van der Waals surface area (Å²) >= 11 is 0.414. The number of nitrogens with zero attached hydrogens (tertiary/aromatic N) is 1. The second-order valence-electron chi connectivity index (χ2n) is 1.99. The molecule has 0 aromatic rings. The Hall–Kier alpha value is 0.888. The fourth-order valence-electron chi connectivity index (χ4n) is 0.547. The number of thioether (sulfide) groups is 1. The van der Waals surface area contributed by atoms with Crippen molar-refractivity contribution in [2.45, 2.75) is 0.0417 Å². The molecule has 0 spiro atoms. The number of amides is 1. The molecule has 3 nitrogen and oxygen atoms in total. The van der Waals surface area contributed by atoms with Crippen molar-refractivity contribution in [3.63, 3.8) is 0 Å². The minimum absolute atomic E-state index is 0.400. The van der Waals surface area contributed by atoms with E-state index < -0.39 is 48.7 Å². The van der Waals surface area contributed by atoms with E-state index in [0.29, 0.717) is 5.17 Å². The van der Waals surface area contributed by atoms with E-state index in [2.05, 4.69) is 10.3 Å². The summed E-state index contributed by atoms with van der Waals surface area (Å²) in [6, 6.07) is 0. The van der Waals surface area contributed by atoms with Gasteiger partial charge in [-0.25, -0.2) is 0 Å². The third-order valence-electron chi connectivity index (χ3n) is 1.09. The standard InChI is InChI=1S/C4H4FN2OS.Ra.H/c1-6-4-7-3(8)2(5)9-4;;/h1H3,(H,6,7,8);;. The normalized spacial score (nSPS) is 32.1. The summed E-state index contributed by atoms with van der Waals surface area (Å²) in [5.74, 6) is -0.618. The van der Waals surface area contributed by atoms with E-state index in [-0.39, 0.29) is 0 Å². The first-order chi connectivity index (χ1) is 4.56. The van der Waals surface area contributed by atoms with Gasteiger partial charge in [0.1, 0.15) is 0 Å². The molecule has 1 atom stereocenters. The van der Waals surface area contributed by atoms with Gasteiger partial charge in [-0.2, -0.15) is 0 Å². The molecule has 52 valence electrons. The van der Waals surface area contributed by atoms with Gasteiger partial charge in [0.05, 0.1) is 0 Å². The number of halogens is 1. The summed E-state index contributed by atoms with van der Waals surface area (Å²) in [5.41, 5.74) is 0. The Morgan fingerprint density at radius 1 is 1.90 bits per heavy atom. The first-order valence-electron chi connectivity index (χ1n) is 2.75. The molecule has 6 heteroatoms. The van der Waals surface area contributed by atoms with Gasteiger partial charge >= 0.3 is 92.2 Å². The molecule has 1 aliphatic rings. The number of alkyl halides is 1.